The van der Waals surface area contributed by atoms with Gasteiger partial charge in [-0.1, -0.05) is 20.3 Å². The zero-order valence-corrected chi connectivity index (χ0v) is 12.6. The highest BCUT2D eigenvalue weighted by Gasteiger charge is 2.43. The first kappa shape index (κ1) is 18.0. The fraction of sp³-hybridized carbons (Fsp3) is 0.467. The summed E-state index contributed by atoms with van der Waals surface area (Å²) in [5.74, 6) is -1.79. The van der Waals surface area contributed by atoms with Crippen molar-refractivity contribution in [3.8, 4) is 0 Å². The van der Waals surface area contributed by atoms with E-state index in [4.69, 9.17) is 0 Å². The highest BCUT2D eigenvalue weighted by atomic mass is 19.4. The van der Waals surface area contributed by atoms with Crippen LogP contribution in [-0.2, 0) is 4.79 Å². The van der Waals surface area contributed by atoms with Gasteiger partial charge in [0.15, 0.2) is 0 Å². The molecule has 2 N–H and O–H groups in total. The van der Waals surface area contributed by atoms with Crippen LogP contribution in [0.4, 0.5) is 18.9 Å². The number of anilines is 1. The first-order chi connectivity index (χ1) is 10.1. The third-order valence-corrected chi connectivity index (χ3v) is 3.32. The number of hydrogen-bond donors (Lipinski definition) is 2. The molecule has 2 atom stereocenters. The van der Waals surface area contributed by atoms with Gasteiger partial charge in [-0.2, -0.15) is 13.2 Å². The van der Waals surface area contributed by atoms with Crippen molar-refractivity contribution >= 4 is 17.5 Å². The largest absolute Gasteiger partial charge is 0.408 e. The number of halogens is 3. The van der Waals surface area contributed by atoms with Crippen LogP contribution in [0.5, 0.6) is 0 Å². The monoisotopic (exact) mass is 316 g/mol. The Bertz CT molecular complexity index is 527. The first-order valence-corrected chi connectivity index (χ1v) is 6.90. The van der Waals surface area contributed by atoms with E-state index < -0.39 is 24.0 Å². The van der Waals surface area contributed by atoms with Crippen molar-refractivity contribution in [1.29, 1.82) is 0 Å². The molecule has 0 heterocycles. The molecule has 0 aliphatic rings. The second-order valence-electron chi connectivity index (χ2n) is 5.14. The maximum Gasteiger partial charge on any atom is 0.408 e. The Morgan fingerprint density at radius 3 is 2.14 bits per heavy atom. The van der Waals surface area contributed by atoms with Crippen molar-refractivity contribution in [2.75, 3.05) is 5.32 Å². The van der Waals surface area contributed by atoms with Crippen molar-refractivity contribution in [1.82, 2.24) is 5.32 Å². The molecule has 0 aliphatic heterocycles. The maximum atomic E-state index is 13.0. The molecule has 0 saturated heterocycles. The normalized spacial score (nSPS) is 14.1. The van der Waals surface area contributed by atoms with Crippen molar-refractivity contribution < 1.29 is 22.8 Å². The summed E-state index contributed by atoms with van der Waals surface area (Å²) in [5.41, 5.74) is 0.574. The van der Waals surface area contributed by atoms with Crippen LogP contribution >= 0.6 is 0 Å². The van der Waals surface area contributed by atoms with E-state index in [1.54, 1.807) is 6.92 Å². The van der Waals surface area contributed by atoms with Crippen molar-refractivity contribution in [3.05, 3.63) is 29.8 Å². The Morgan fingerprint density at radius 1 is 1.18 bits per heavy atom. The summed E-state index contributed by atoms with van der Waals surface area (Å²) >= 11 is 0. The molecule has 1 aromatic rings. The number of rotatable bonds is 5. The summed E-state index contributed by atoms with van der Waals surface area (Å²) in [6.07, 6.45) is -4.20. The Hall–Kier alpha value is -2.05. The van der Waals surface area contributed by atoms with E-state index in [9.17, 15) is 22.8 Å². The van der Waals surface area contributed by atoms with Gasteiger partial charge in [0.25, 0.3) is 5.91 Å². The third kappa shape index (κ3) is 5.05. The third-order valence-electron chi connectivity index (χ3n) is 3.32. The molecule has 0 radical (unpaired) electrons. The predicted octanol–water partition coefficient (Wildman–Crippen LogP) is 3.35. The van der Waals surface area contributed by atoms with E-state index in [1.807, 2.05) is 5.32 Å². The van der Waals surface area contributed by atoms with Crippen LogP contribution in [0.25, 0.3) is 0 Å². The minimum absolute atomic E-state index is 0.103. The number of alkyl halides is 3. The maximum absolute atomic E-state index is 13.0. The molecule has 22 heavy (non-hydrogen) atoms. The lowest BCUT2D eigenvalue weighted by Crippen LogP contribution is -2.49. The quantitative estimate of drug-likeness (QED) is 0.875. The molecule has 0 aliphatic carbocycles. The van der Waals surface area contributed by atoms with E-state index in [0.717, 1.165) is 0 Å². The zero-order valence-electron chi connectivity index (χ0n) is 12.6. The molecule has 1 rings (SSSR count). The van der Waals surface area contributed by atoms with Crippen molar-refractivity contribution in [2.24, 2.45) is 5.92 Å². The van der Waals surface area contributed by atoms with Gasteiger partial charge in [0.1, 0.15) is 6.04 Å². The standard InChI is InChI=1S/C15H19F3N2O2/c1-4-9(2)13(15(16,17)18)20-14(22)11-5-7-12(8-6-11)19-10(3)21/h5-9,13H,4H2,1-3H3,(H,19,21)(H,20,22)/t9-,13+/m0/s1. The highest BCUT2D eigenvalue weighted by Crippen LogP contribution is 2.27. The summed E-state index contributed by atoms with van der Waals surface area (Å²) in [4.78, 5) is 22.8. The average molecular weight is 316 g/mol. The van der Waals surface area contributed by atoms with Crippen LogP contribution < -0.4 is 10.6 Å². The minimum atomic E-state index is -4.50. The summed E-state index contributed by atoms with van der Waals surface area (Å²) in [7, 11) is 0. The Balaban J connectivity index is 2.84. The molecule has 0 saturated carbocycles. The first-order valence-electron chi connectivity index (χ1n) is 6.90. The minimum Gasteiger partial charge on any atom is -0.340 e. The highest BCUT2D eigenvalue weighted by molar-refractivity contribution is 5.95. The van der Waals surface area contributed by atoms with Crippen LogP contribution in [-0.4, -0.2) is 24.0 Å². The van der Waals surface area contributed by atoms with Crippen LogP contribution in [0, 0.1) is 5.92 Å². The molecule has 0 fully saturated rings. The van der Waals surface area contributed by atoms with Crippen LogP contribution in [0.2, 0.25) is 0 Å². The summed E-state index contributed by atoms with van der Waals surface area (Å²) in [6.45, 7) is 4.41. The predicted molar refractivity (Wildman–Crippen MR) is 77.5 cm³/mol. The van der Waals surface area contributed by atoms with Crippen LogP contribution in [0.3, 0.4) is 0 Å². The second-order valence-corrected chi connectivity index (χ2v) is 5.14. The molecule has 0 unspecified atom stereocenters. The summed E-state index contributed by atoms with van der Waals surface area (Å²) in [6, 6.07) is 3.76. The van der Waals surface area contributed by atoms with Gasteiger partial charge in [-0.25, -0.2) is 0 Å². The number of benzene rings is 1. The smallest absolute Gasteiger partial charge is 0.340 e. The fourth-order valence-corrected chi connectivity index (χ4v) is 1.92. The van der Waals surface area contributed by atoms with Gasteiger partial charge in [-0.3, -0.25) is 9.59 Å². The lowest BCUT2D eigenvalue weighted by molar-refractivity contribution is -0.164. The lowest BCUT2D eigenvalue weighted by atomic mass is 9.98. The fourth-order valence-electron chi connectivity index (χ4n) is 1.92. The van der Waals surface area contributed by atoms with E-state index in [0.29, 0.717) is 12.1 Å². The molecule has 1 aromatic carbocycles. The lowest BCUT2D eigenvalue weighted by Gasteiger charge is -2.26. The molecular weight excluding hydrogens is 297 g/mol. The molecule has 2 amide bonds. The van der Waals surface area contributed by atoms with Gasteiger partial charge in [0.2, 0.25) is 5.91 Å². The van der Waals surface area contributed by atoms with Gasteiger partial charge < -0.3 is 10.6 Å². The Kier molecular flexibility index (Phi) is 5.96. The van der Waals surface area contributed by atoms with Gasteiger partial charge in [-0.15, -0.1) is 0 Å². The van der Waals surface area contributed by atoms with Crippen LogP contribution in [0.15, 0.2) is 24.3 Å². The average Bonchev–Trinajstić information content (AvgIpc) is 2.42. The van der Waals surface area contributed by atoms with E-state index in [2.05, 4.69) is 5.32 Å². The molecule has 4 nitrogen and oxygen atoms in total. The van der Waals surface area contributed by atoms with Crippen LogP contribution in [0.1, 0.15) is 37.6 Å². The van der Waals surface area contributed by atoms with E-state index >= 15 is 0 Å². The molecule has 0 spiro atoms. The molecule has 7 heteroatoms. The van der Waals surface area contributed by atoms with Crippen molar-refractivity contribution in [2.45, 2.75) is 39.4 Å². The second kappa shape index (κ2) is 7.29. The molecule has 122 valence electrons. The van der Waals surface area contributed by atoms with Gasteiger partial charge in [0.05, 0.1) is 0 Å². The van der Waals surface area contributed by atoms with Gasteiger partial charge in [0, 0.05) is 18.2 Å². The number of hydrogen-bond acceptors (Lipinski definition) is 2. The summed E-state index contributed by atoms with van der Waals surface area (Å²) < 4.78 is 38.9. The number of carbonyl (C=O) groups excluding carboxylic acids is 2. The van der Waals surface area contributed by atoms with Crippen molar-refractivity contribution in [3.63, 3.8) is 0 Å². The van der Waals surface area contributed by atoms with Gasteiger partial charge >= 0.3 is 6.18 Å². The number of nitrogens with one attached hydrogen (secondary N) is 2. The molecular formula is C15H19F3N2O2. The Morgan fingerprint density at radius 2 is 1.73 bits per heavy atom. The SMILES string of the molecule is CC[C@H](C)[C@@H](NC(=O)c1ccc(NC(C)=O)cc1)C(F)(F)F. The molecule has 0 bridgehead atoms. The topological polar surface area (TPSA) is 58.2 Å². The Labute approximate surface area is 127 Å². The van der Waals surface area contributed by atoms with E-state index in [-0.39, 0.29) is 11.5 Å². The zero-order chi connectivity index (χ0) is 16.9. The van der Waals surface area contributed by atoms with E-state index in [1.165, 1.54) is 38.1 Å². The van der Waals surface area contributed by atoms with Gasteiger partial charge in [-0.05, 0) is 30.2 Å². The number of carbonyl (C=O) groups is 2. The number of amides is 2. The molecule has 0 aromatic heterocycles. The summed E-state index contributed by atoms with van der Waals surface area (Å²) in [5, 5.41) is 4.55.